The number of carbonyl (C=O) groups excluding carboxylic acids is 1. The average Bonchev–Trinajstić information content (AvgIpc) is 3.58. The molecule has 0 saturated heterocycles. The lowest BCUT2D eigenvalue weighted by atomic mass is 10.2. The van der Waals surface area contributed by atoms with Gasteiger partial charge in [-0.05, 0) is 49.2 Å². The van der Waals surface area contributed by atoms with E-state index in [0.29, 0.717) is 22.6 Å². The van der Waals surface area contributed by atoms with Gasteiger partial charge in [0.1, 0.15) is 0 Å². The first-order valence-corrected chi connectivity index (χ1v) is 9.09. The molecule has 2 aromatic carbocycles. The van der Waals surface area contributed by atoms with Crippen molar-refractivity contribution in [3.05, 3.63) is 66.1 Å². The molecule has 0 aliphatic heterocycles. The number of anilines is 5. The Morgan fingerprint density at radius 2 is 1.79 bits per heavy atom. The van der Waals surface area contributed by atoms with Gasteiger partial charge in [-0.25, -0.2) is 9.37 Å². The molecule has 1 fully saturated rings. The number of nitrogens with one attached hydrogen (secondary N) is 3. The molecule has 0 atom stereocenters. The SMILES string of the molecule is N#Cc1ccc(Nc2ncc(F)c(Nc3ccccc3NC(=O)C3CC3)n2)cc1. The number of para-hydroxylation sites is 2. The molecule has 0 radical (unpaired) electrons. The number of nitrogens with zero attached hydrogens (tertiary/aromatic N) is 3. The van der Waals surface area contributed by atoms with Gasteiger partial charge in [0, 0.05) is 11.6 Å². The standard InChI is InChI=1S/C21H17FN6O/c22-16-12-24-21(25-15-9-5-13(11-23)6-10-15)28-19(16)26-17-3-1-2-4-18(17)27-20(29)14-7-8-14/h1-6,9-10,12,14H,7-8H2,(H,27,29)(H2,24,25,26,28). The highest BCUT2D eigenvalue weighted by Gasteiger charge is 2.30. The Labute approximate surface area is 166 Å². The van der Waals surface area contributed by atoms with Gasteiger partial charge < -0.3 is 16.0 Å². The third kappa shape index (κ3) is 4.47. The molecule has 0 spiro atoms. The van der Waals surface area contributed by atoms with E-state index < -0.39 is 5.82 Å². The van der Waals surface area contributed by atoms with Crippen molar-refractivity contribution >= 4 is 34.7 Å². The summed E-state index contributed by atoms with van der Waals surface area (Å²) in [5.74, 6) is -0.436. The van der Waals surface area contributed by atoms with Gasteiger partial charge in [0.2, 0.25) is 11.9 Å². The highest BCUT2D eigenvalue weighted by molar-refractivity contribution is 5.97. The number of aromatic nitrogens is 2. The van der Waals surface area contributed by atoms with Crippen molar-refractivity contribution < 1.29 is 9.18 Å². The monoisotopic (exact) mass is 388 g/mol. The van der Waals surface area contributed by atoms with Gasteiger partial charge in [-0.2, -0.15) is 10.2 Å². The fraction of sp³-hybridized carbons (Fsp3) is 0.143. The second kappa shape index (κ2) is 7.94. The van der Waals surface area contributed by atoms with Crippen LogP contribution < -0.4 is 16.0 Å². The van der Waals surface area contributed by atoms with Crippen molar-refractivity contribution in [1.29, 1.82) is 5.26 Å². The third-order valence-electron chi connectivity index (χ3n) is 4.40. The molecule has 3 N–H and O–H groups in total. The summed E-state index contributed by atoms with van der Waals surface area (Å²) in [5, 5.41) is 17.6. The molecule has 4 rings (SSSR count). The first kappa shape index (κ1) is 18.4. The summed E-state index contributed by atoms with van der Waals surface area (Å²) in [4.78, 5) is 20.2. The summed E-state index contributed by atoms with van der Waals surface area (Å²) in [6.45, 7) is 0. The van der Waals surface area contributed by atoms with Crippen molar-refractivity contribution in [2.45, 2.75) is 12.8 Å². The highest BCUT2D eigenvalue weighted by atomic mass is 19.1. The molecule has 144 valence electrons. The first-order valence-electron chi connectivity index (χ1n) is 9.09. The molecule has 1 saturated carbocycles. The molecule has 1 heterocycles. The number of nitriles is 1. The lowest BCUT2D eigenvalue weighted by molar-refractivity contribution is -0.117. The smallest absolute Gasteiger partial charge is 0.229 e. The minimum Gasteiger partial charge on any atom is -0.336 e. The van der Waals surface area contributed by atoms with E-state index in [0.717, 1.165) is 19.0 Å². The molecule has 0 unspecified atom stereocenters. The van der Waals surface area contributed by atoms with Gasteiger partial charge in [-0.15, -0.1) is 0 Å². The van der Waals surface area contributed by atoms with Crippen LogP contribution in [0.3, 0.4) is 0 Å². The van der Waals surface area contributed by atoms with Gasteiger partial charge >= 0.3 is 0 Å². The minimum absolute atomic E-state index is 0.0238. The Bertz CT molecular complexity index is 1090. The van der Waals surface area contributed by atoms with E-state index in [1.165, 1.54) is 0 Å². The molecule has 29 heavy (non-hydrogen) atoms. The summed E-state index contributed by atoms with van der Waals surface area (Å²) in [6.07, 6.45) is 2.85. The Morgan fingerprint density at radius 3 is 2.48 bits per heavy atom. The molecule has 1 aromatic heterocycles. The second-order valence-corrected chi connectivity index (χ2v) is 6.64. The third-order valence-corrected chi connectivity index (χ3v) is 4.40. The van der Waals surface area contributed by atoms with E-state index in [1.54, 1.807) is 48.5 Å². The summed E-state index contributed by atoms with van der Waals surface area (Å²) in [7, 11) is 0. The highest BCUT2D eigenvalue weighted by Crippen LogP contribution is 2.32. The number of amides is 1. The summed E-state index contributed by atoms with van der Waals surface area (Å²) in [5.41, 5.74) is 2.29. The van der Waals surface area contributed by atoms with E-state index >= 15 is 0 Å². The van der Waals surface area contributed by atoms with Gasteiger partial charge in [0.15, 0.2) is 11.6 Å². The minimum atomic E-state index is -0.626. The summed E-state index contributed by atoms with van der Waals surface area (Å²) < 4.78 is 14.3. The van der Waals surface area contributed by atoms with Crippen LogP contribution in [-0.2, 0) is 4.79 Å². The second-order valence-electron chi connectivity index (χ2n) is 6.64. The number of halogens is 1. The molecular weight excluding hydrogens is 371 g/mol. The van der Waals surface area contributed by atoms with Crippen LogP contribution in [-0.4, -0.2) is 15.9 Å². The molecular formula is C21H17FN6O. The largest absolute Gasteiger partial charge is 0.336 e. The van der Waals surface area contributed by atoms with Crippen molar-refractivity contribution in [3.8, 4) is 6.07 Å². The Kier molecular flexibility index (Phi) is 5.03. The number of carbonyl (C=O) groups is 1. The van der Waals surface area contributed by atoms with E-state index in [4.69, 9.17) is 5.26 Å². The molecule has 1 amide bonds. The molecule has 1 aliphatic carbocycles. The van der Waals surface area contributed by atoms with Crippen LogP contribution in [0.15, 0.2) is 54.7 Å². The van der Waals surface area contributed by atoms with Gasteiger partial charge in [0.05, 0.1) is 29.2 Å². The van der Waals surface area contributed by atoms with Crippen LogP contribution in [0.25, 0.3) is 0 Å². The van der Waals surface area contributed by atoms with Crippen molar-refractivity contribution in [2.24, 2.45) is 5.92 Å². The van der Waals surface area contributed by atoms with Crippen LogP contribution in [0.5, 0.6) is 0 Å². The Morgan fingerprint density at radius 1 is 1.07 bits per heavy atom. The van der Waals surface area contributed by atoms with Crippen molar-refractivity contribution in [2.75, 3.05) is 16.0 Å². The molecule has 0 bridgehead atoms. The van der Waals surface area contributed by atoms with E-state index in [9.17, 15) is 9.18 Å². The van der Waals surface area contributed by atoms with Crippen LogP contribution in [0.2, 0.25) is 0 Å². The molecule has 3 aromatic rings. The number of rotatable bonds is 6. The maximum Gasteiger partial charge on any atom is 0.229 e. The number of hydrogen-bond donors (Lipinski definition) is 3. The van der Waals surface area contributed by atoms with E-state index in [2.05, 4.69) is 25.9 Å². The van der Waals surface area contributed by atoms with Gasteiger partial charge in [-0.3, -0.25) is 4.79 Å². The lowest BCUT2D eigenvalue weighted by Gasteiger charge is -2.13. The van der Waals surface area contributed by atoms with Crippen LogP contribution in [0.1, 0.15) is 18.4 Å². The molecule has 7 nitrogen and oxygen atoms in total. The Hall–Kier alpha value is -3.99. The fourth-order valence-corrected chi connectivity index (χ4v) is 2.68. The van der Waals surface area contributed by atoms with Crippen LogP contribution in [0, 0.1) is 23.1 Å². The summed E-state index contributed by atoms with van der Waals surface area (Å²) >= 11 is 0. The first-order chi connectivity index (χ1) is 14.1. The fourth-order valence-electron chi connectivity index (χ4n) is 2.68. The molecule has 1 aliphatic rings. The maximum absolute atomic E-state index is 14.3. The van der Waals surface area contributed by atoms with E-state index in [1.807, 2.05) is 6.07 Å². The zero-order valence-electron chi connectivity index (χ0n) is 15.3. The predicted molar refractivity (Wildman–Crippen MR) is 108 cm³/mol. The van der Waals surface area contributed by atoms with Gasteiger partial charge in [-0.1, -0.05) is 12.1 Å². The predicted octanol–water partition coefficient (Wildman–Crippen LogP) is 4.32. The number of benzene rings is 2. The average molecular weight is 388 g/mol. The normalized spacial score (nSPS) is 12.7. The quantitative estimate of drug-likeness (QED) is 0.581. The maximum atomic E-state index is 14.3. The Balaban J connectivity index is 1.53. The zero-order valence-corrected chi connectivity index (χ0v) is 15.3. The molecule has 8 heteroatoms. The topological polar surface area (TPSA) is 103 Å². The number of hydrogen-bond acceptors (Lipinski definition) is 6. The van der Waals surface area contributed by atoms with Crippen LogP contribution >= 0.6 is 0 Å². The van der Waals surface area contributed by atoms with Gasteiger partial charge in [0.25, 0.3) is 0 Å². The van der Waals surface area contributed by atoms with Crippen molar-refractivity contribution in [3.63, 3.8) is 0 Å². The van der Waals surface area contributed by atoms with Crippen molar-refractivity contribution in [1.82, 2.24) is 9.97 Å². The summed E-state index contributed by atoms with van der Waals surface area (Å²) in [6, 6.07) is 15.8. The van der Waals surface area contributed by atoms with Crippen LogP contribution in [0.4, 0.5) is 33.2 Å². The lowest BCUT2D eigenvalue weighted by Crippen LogP contribution is -2.14. The zero-order chi connectivity index (χ0) is 20.2. The van der Waals surface area contributed by atoms with E-state index in [-0.39, 0.29) is 23.6 Å².